The molecule has 1 amide bonds. The smallest absolute Gasteiger partial charge is 0.362 e. The summed E-state index contributed by atoms with van der Waals surface area (Å²) in [6.07, 6.45) is -4.26. The first-order chi connectivity index (χ1) is 16.2. The third kappa shape index (κ3) is 5.16. The van der Waals surface area contributed by atoms with Crippen molar-refractivity contribution in [2.24, 2.45) is 0 Å². The van der Waals surface area contributed by atoms with Gasteiger partial charge >= 0.3 is 6.18 Å². The summed E-state index contributed by atoms with van der Waals surface area (Å²) >= 11 is 0. The largest absolute Gasteiger partial charge is 0.416 e. The summed E-state index contributed by atoms with van der Waals surface area (Å²) in [5.74, 6) is 0.641. The molecule has 0 atom stereocenters. The molecule has 0 N–H and O–H groups in total. The van der Waals surface area contributed by atoms with Crippen molar-refractivity contribution in [2.45, 2.75) is 19.0 Å². The van der Waals surface area contributed by atoms with Gasteiger partial charge in [-0.05, 0) is 12.1 Å². The molecule has 1 fully saturated rings. The van der Waals surface area contributed by atoms with Gasteiger partial charge in [0.2, 0.25) is 17.6 Å². The number of hydrogen-bond acceptors (Lipinski definition) is 7. The molecule has 1 aliphatic rings. The van der Waals surface area contributed by atoms with Crippen LogP contribution in [0, 0.1) is 10.1 Å². The number of hydrogen-bond donors (Lipinski definition) is 0. The molecular formula is C22H20F3N5O4. The van der Waals surface area contributed by atoms with Gasteiger partial charge in [-0.15, -0.1) is 0 Å². The first kappa shape index (κ1) is 23.2. The first-order valence-electron chi connectivity index (χ1n) is 10.5. The lowest BCUT2D eigenvalue weighted by molar-refractivity contribution is -0.384. The number of rotatable bonds is 6. The number of carbonyl (C=O) groups excluding carboxylic acids is 1. The monoisotopic (exact) mass is 475 g/mol. The van der Waals surface area contributed by atoms with Crippen molar-refractivity contribution in [2.75, 3.05) is 31.1 Å². The highest BCUT2D eigenvalue weighted by molar-refractivity contribution is 5.77. The second-order valence-corrected chi connectivity index (χ2v) is 7.70. The third-order valence-corrected chi connectivity index (χ3v) is 5.53. The molecule has 0 aliphatic carbocycles. The van der Waals surface area contributed by atoms with Gasteiger partial charge in [-0.25, -0.2) is 0 Å². The van der Waals surface area contributed by atoms with Crippen molar-refractivity contribution >= 4 is 17.3 Å². The fourth-order valence-corrected chi connectivity index (χ4v) is 3.74. The van der Waals surface area contributed by atoms with Crippen LogP contribution in [0.3, 0.4) is 0 Å². The van der Waals surface area contributed by atoms with E-state index in [1.807, 2.05) is 30.3 Å². The number of nitro benzene ring substituents is 1. The molecule has 0 bridgehead atoms. The Labute approximate surface area is 191 Å². The predicted octanol–water partition coefficient (Wildman–Crippen LogP) is 3.95. The van der Waals surface area contributed by atoms with Gasteiger partial charge in [-0.1, -0.05) is 35.5 Å². The molecule has 34 heavy (non-hydrogen) atoms. The summed E-state index contributed by atoms with van der Waals surface area (Å²) < 4.78 is 44.0. The molecule has 4 rings (SSSR count). The van der Waals surface area contributed by atoms with E-state index in [1.54, 1.807) is 9.80 Å². The number of amides is 1. The number of nitro groups is 1. The van der Waals surface area contributed by atoms with Gasteiger partial charge < -0.3 is 14.3 Å². The number of piperazine rings is 1. The van der Waals surface area contributed by atoms with Crippen LogP contribution in [-0.2, 0) is 17.4 Å². The number of nitrogens with zero attached hydrogens (tertiary/aromatic N) is 5. The molecular weight excluding hydrogens is 455 g/mol. The van der Waals surface area contributed by atoms with Crippen molar-refractivity contribution in [1.29, 1.82) is 0 Å². The standard InChI is InChI=1S/C22H20F3N5O4/c23-22(24,25)16-6-7-17(18(14-16)30(32)33)28-10-12-29(13-11-28)20(31)9-8-19-26-21(27-34-19)15-4-2-1-3-5-15/h1-7,14H,8-13H2. The van der Waals surface area contributed by atoms with E-state index in [2.05, 4.69) is 10.1 Å². The number of benzene rings is 2. The number of carbonyl (C=O) groups is 1. The van der Waals surface area contributed by atoms with Crippen molar-refractivity contribution in [3.05, 3.63) is 70.1 Å². The fraction of sp³-hybridized carbons (Fsp3) is 0.318. The van der Waals surface area contributed by atoms with Crippen molar-refractivity contribution < 1.29 is 27.4 Å². The van der Waals surface area contributed by atoms with E-state index in [4.69, 9.17) is 4.52 Å². The molecule has 0 spiro atoms. The highest BCUT2D eigenvalue weighted by atomic mass is 19.4. The average Bonchev–Trinajstić information content (AvgIpc) is 3.31. The van der Waals surface area contributed by atoms with Crippen LogP contribution >= 0.6 is 0 Å². The van der Waals surface area contributed by atoms with Crippen LogP contribution in [0.4, 0.5) is 24.5 Å². The Kier molecular flexibility index (Phi) is 6.48. The minimum Gasteiger partial charge on any atom is -0.362 e. The highest BCUT2D eigenvalue weighted by Gasteiger charge is 2.34. The summed E-state index contributed by atoms with van der Waals surface area (Å²) in [5, 5.41) is 15.3. The lowest BCUT2D eigenvalue weighted by atomic mass is 10.1. The van der Waals surface area contributed by atoms with Crippen LogP contribution in [0.15, 0.2) is 53.1 Å². The molecule has 2 aromatic carbocycles. The topological polar surface area (TPSA) is 106 Å². The molecule has 12 heteroatoms. The number of alkyl halides is 3. The van der Waals surface area contributed by atoms with E-state index in [-0.39, 0.29) is 50.6 Å². The first-order valence-corrected chi connectivity index (χ1v) is 10.5. The van der Waals surface area contributed by atoms with Crippen molar-refractivity contribution in [1.82, 2.24) is 15.0 Å². The zero-order valence-electron chi connectivity index (χ0n) is 17.9. The van der Waals surface area contributed by atoms with E-state index < -0.39 is 22.4 Å². The van der Waals surface area contributed by atoms with Crippen molar-refractivity contribution in [3.8, 4) is 11.4 Å². The summed E-state index contributed by atoms with van der Waals surface area (Å²) in [6, 6.07) is 11.8. The molecule has 2 heterocycles. The molecule has 0 unspecified atom stereocenters. The van der Waals surface area contributed by atoms with E-state index >= 15 is 0 Å². The number of anilines is 1. The fourth-order valence-electron chi connectivity index (χ4n) is 3.74. The Balaban J connectivity index is 1.34. The van der Waals surface area contributed by atoms with Crippen molar-refractivity contribution in [3.63, 3.8) is 0 Å². The molecule has 1 aliphatic heterocycles. The molecule has 0 saturated carbocycles. The van der Waals surface area contributed by atoms with Crippen LogP contribution < -0.4 is 4.90 Å². The zero-order chi connectivity index (χ0) is 24.3. The van der Waals surface area contributed by atoms with Gasteiger partial charge in [-0.3, -0.25) is 14.9 Å². The Morgan fingerprint density at radius 1 is 1.09 bits per heavy atom. The van der Waals surface area contributed by atoms with Gasteiger partial charge in [-0.2, -0.15) is 18.2 Å². The van der Waals surface area contributed by atoms with Crippen LogP contribution in [0.5, 0.6) is 0 Å². The molecule has 0 radical (unpaired) electrons. The summed E-state index contributed by atoms with van der Waals surface area (Å²) in [5.41, 5.74) is -0.782. The van der Waals surface area contributed by atoms with Gasteiger partial charge in [0.1, 0.15) is 5.69 Å². The normalized spacial score (nSPS) is 14.3. The molecule has 1 saturated heterocycles. The Morgan fingerprint density at radius 2 is 1.79 bits per heavy atom. The minimum atomic E-state index is -4.67. The predicted molar refractivity (Wildman–Crippen MR) is 115 cm³/mol. The molecule has 9 nitrogen and oxygen atoms in total. The van der Waals surface area contributed by atoms with Crippen LogP contribution in [0.1, 0.15) is 17.9 Å². The Hall–Kier alpha value is -3.96. The maximum Gasteiger partial charge on any atom is 0.416 e. The van der Waals surface area contributed by atoms with Gasteiger partial charge in [0.15, 0.2) is 0 Å². The second-order valence-electron chi connectivity index (χ2n) is 7.70. The number of halogens is 3. The SMILES string of the molecule is O=C(CCc1nc(-c2ccccc2)no1)N1CCN(c2ccc(C(F)(F)F)cc2[N+](=O)[O-])CC1. The Morgan fingerprint density at radius 3 is 2.44 bits per heavy atom. The lowest BCUT2D eigenvalue weighted by Gasteiger charge is -2.36. The van der Waals surface area contributed by atoms with Gasteiger partial charge in [0, 0.05) is 50.7 Å². The van der Waals surface area contributed by atoms with Crippen LogP contribution in [0.2, 0.25) is 0 Å². The minimum absolute atomic E-state index is 0.101. The summed E-state index contributed by atoms with van der Waals surface area (Å²) in [6.45, 7) is 1.10. The second kappa shape index (κ2) is 9.49. The van der Waals surface area contributed by atoms with E-state index in [0.29, 0.717) is 17.8 Å². The van der Waals surface area contributed by atoms with Gasteiger partial charge in [0.05, 0.1) is 10.5 Å². The average molecular weight is 475 g/mol. The molecule has 178 valence electrons. The highest BCUT2D eigenvalue weighted by Crippen LogP contribution is 2.36. The van der Waals surface area contributed by atoms with Crippen LogP contribution in [-0.4, -0.2) is 52.1 Å². The lowest BCUT2D eigenvalue weighted by Crippen LogP contribution is -2.49. The summed E-state index contributed by atoms with van der Waals surface area (Å²) in [4.78, 5) is 30.7. The van der Waals surface area contributed by atoms with Gasteiger partial charge in [0.25, 0.3) is 5.69 Å². The molecule has 3 aromatic rings. The van der Waals surface area contributed by atoms with Crippen LogP contribution in [0.25, 0.3) is 11.4 Å². The summed E-state index contributed by atoms with van der Waals surface area (Å²) in [7, 11) is 0. The maximum atomic E-state index is 12.9. The Bertz CT molecular complexity index is 1170. The number of aryl methyl sites for hydroxylation is 1. The number of aromatic nitrogens is 2. The quantitative estimate of drug-likeness (QED) is 0.393. The third-order valence-electron chi connectivity index (χ3n) is 5.53. The van der Waals surface area contributed by atoms with E-state index in [0.717, 1.165) is 17.7 Å². The van der Waals surface area contributed by atoms with E-state index in [9.17, 15) is 28.1 Å². The van der Waals surface area contributed by atoms with E-state index in [1.165, 1.54) is 0 Å². The maximum absolute atomic E-state index is 12.9. The zero-order valence-corrected chi connectivity index (χ0v) is 17.9. The molecule has 1 aromatic heterocycles.